The van der Waals surface area contributed by atoms with Gasteiger partial charge in [-0.25, -0.2) is 8.42 Å². The first kappa shape index (κ1) is 12.4. The molecule has 0 atom stereocenters. The zero-order valence-electron chi connectivity index (χ0n) is 8.88. The van der Waals surface area contributed by atoms with Gasteiger partial charge in [0.25, 0.3) is 5.69 Å². The first-order chi connectivity index (χ1) is 7.36. The molecule has 0 unspecified atom stereocenters. The Balaban J connectivity index is 3.46. The number of benzene rings is 1. The average Bonchev–Trinajstić information content (AvgIpc) is 2.16. The van der Waals surface area contributed by atoms with Crippen molar-refractivity contribution in [2.24, 2.45) is 0 Å². The van der Waals surface area contributed by atoms with Crippen LogP contribution in [0.1, 0.15) is 12.5 Å². The summed E-state index contributed by atoms with van der Waals surface area (Å²) in [5.74, 6) is 0. The minimum atomic E-state index is -3.42. The van der Waals surface area contributed by atoms with Crippen molar-refractivity contribution < 1.29 is 13.3 Å². The van der Waals surface area contributed by atoms with E-state index in [9.17, 15) is 18.5 Å². The fourth-order valence-corrected chi connectivity index (χ4v) is 1.87. The van der Waals surface area contributed by atoms with Crippen LogP contribution in [0.15, 0.2) is 29.2 Å². The molecule has 0 bridgehead atoms. The molecule has 0 N–H and O–H groups in total. The molecular weight excluding hydrogens is 230 g/mol. The van der Waals surface area contributed by atoms with E-state index in [1.54, 1.807) is 19.1 Å². The lowest BCUT2D eigenvalue weighted by molar-refractivity contribution is -0.385. The van der Waals surface area contributed by atoms with Gasteiger partial charge in [-0.2, -0.15) is 0 Å². The molecule has 1 aromatic carbocycles. The molecule has 0 fully saturated rings. The minimum absolute atomic E-state index is 0.0487. The van der Waals surface area contributed by atoms with Crippen LogP contribution >= 0.6 is 0 Å². The number of rotatable bonds is 3. The molecule has 0 spiro atoms. The van der Waals surface area contributed by atoms with Crippen molar-refractivity contribution in [3.63, 3.8) is 0 Å². The number of nitro groups is 1. The lowest BCUT2D eigenvalue weighted by Gasteiger charge is -2.01. The van der Waals surface area contributed by atoms with Gasteiger partial charge in [-0.1, -0.05) is 12.2 Å². The van der Waals surface area contributed by atoms with Gasteiger partial charge in [0, 0.05) is 12.3 Å². The van der Waals surface area contributed by atoms with Gasteiger partial charge in [-0.3, -0.25) is 10.1 Å². The van der Waals surface area contributed by atoms with E-state index in [0.29, 0.717) is 5.56 Å². The van der Waals surface area contributed by atoms with Crippen molar-refractivity contribution in [1.29, 1.82) is 0 Å². The van der Waals surface area contributed by atoms with E-state index in [4.69, 9.17) is 0 Å². The molecule has 0 radical (unpaired) electrons. The summed E-state index contributed by atoms with van der Waals surface area (Å²) in [6.45, 7) is 1.73. The first-order valence-electron chi connectivity index (χ1n) is 4.47. The summed E-state index contributed by atoms with van der Waals surface area (Å²) in [6, 6.07) is 3.86. The van der Waals surface area contributed by atoms with Crippen LogP contribution in [-0.2, 0) is 9.84 Å². The molecule has 0 heterocycles. The van der Waals surface area contributed by atoms with Crippen LogP contribution in [0.25, 0.3) is 6.08 Å². The van der Waals surface area contributed by atoms with Crippen LogP contribution in [0.3, 0.4) is 0 Å². The van der Waals surface area contributed by atoms with Crippen molar-refractivity contribution in [1.82, 2.24) is 0 Å². The second-order valence-electron chi connectivity index (χ2n) is 3.25. The molecule has 16 heavy (non-hydrogen) atoms. The summed E-state index contributed by atoms with van der Waals surface area (Å²) in [5, 5.41) is 10.8. The monoisotopic (exact) mass is 241 g/mol. The topological polar surface area (TPSA) is 77.3 Å². The predicted molar refractivity (Wildman–Crippen MR) is 60.9 cm³/mol. The maximum Gasteiger partial charge on any atom is 0.277 e. The lowest BCUT2D eigenvalue weighted by Crippen LogP contribution is -1.99. The number of allylic oxidation sites excluding steroid dienone is 1. The Morgan fingerprint density at radius 2 is 2.00 bits per heavy atom. The van der Waals surface area contributed by atoms with E-state index in [1.165, 1.54) is 12.1 Å². The third-order valence-corrected chi connectivity index (χ3v) is 3.08. The highest BCUT2D eigenvalue weighted by molar-refractivity contribution is 7.90. The number of nitro benzene ring substituents is 1. The van der Waals surface area contributed by atoms with E-state index in [-0.39, 0.29) is 10.6 Å². The zero-order chi connectivity index (χ0) is 12.3. The molecule has 0 amide bonds. The van der Waals surface area contributed by atoms with Crippen LogP contribution in [0.4, 0.5) is 5.69 Å². The Labute approximate surface area is 93.5 Å². The lowest BCUT2D eigenvalue weighted by atomic mass is 10.1. The SMILES string of the molecule is CC=Cc1ccc(S(C)(=O)=O)cc1[N+](=O)[O-]. The van der Waals surface area contributed by atoms with Crippen LogP contribution < -0.4 is 0 Å². The summed E-state index contributed by atoms with van der Waals surface area (Å²) in [6.07, 6.45) is 4.23. The predicted octanol–water partition coefficient (Wildman–Crippen LogP) is 2.03. The molecule has 0 saturated heterocycles. The van der Waals surface area contributed by atoms with Gasteiger partial charge >= 0.3 is 0 Å². The Bertz CT molecular complexity index is 546. The standard InChI is InChI=1S/C10H11NO4S/c1-3-4-8-5-6-9(16(2,14)15)7-10(8)11(12)13/h3-7H,1-2H3. The van der Waals surface area contributed by atoms with Crippen molar-refractivity contribution in [3.05, 3.63) is 40.0 Å². The van der Waals surface area contributed by atoms with Crippen LogP contribution in [0.2, 0.25) is 0 Å². The van der Waals surface area contributed by atoms with Crippen molar-refractivity contribution in [3.8, 4) is 0 Å². The van der Waals surface area contributed by atoms with Gasteiger partial charge in [-0.05, 0) is 19.1 Å². The Kier molecular flexibility index (Phi) is 3.44. The second-order valence-corrected chi connectivity index (χ2v) is 5.27. The Morgan fingerprint density at radius 3 is 2.44 bits per heavy atom. The van der Waals surface area contributed by atoms with E-state index < -0.39 is 14.8 Å². The molecule has 0 aliphatic rings. The largest absolute Gasteiger partial charge is 0.277 e. The van der Waals surface area contributed by atoms with Crippen LogP contribution in [-0.4, -0.2) is 19.6 Å². The quantitative estimate of drug-likeness (QED) is 0.599. The fraction of sp³-hybridized carbons (Fsp3) is 0.200. The molecule has 6 heteroatoms. The number of sulfone groups is 1. The van der Waals surface area contributed by atoms with Crippen LogP contribution in [0.5, 0.6) is 0 Å². The first-order valence-corrected chi connectivity index (χ1v) is 6.36. The highest BCUT2D eigenvalue weighted by atomic mass is 32.2. The van der Waals surface area contributed by atoms with Crippen molar-refractivity contribution in [2.45, 2.75) is 11.8 Å². The highest BCUT2D eigenvalue weighted by Crippen LogP contribution is 2.24. The summed E-state index contributed by atoms with van der Waals surface area (Å²) >= 11 is 0. The third kappa shape index (κ3) is 2.66. The molecule has 0 aliphatic carbocycles. The fourth-order valence-electron chi connectivity index (χ4n) is 1.23. The highest BCUT2D eigenvalue weighted by Gasteiger charge is 2.16. The Morgan fingerprint density at radius 1 is 1.38 bits per heavy atom. The molecule has 1 aromatic rings. The van der Waals surface area contributed by atoms with E-state index in [0.717, 1.165) is 12.3 Å². The average molecular weight is 241 g/mol. The smallest absolute Gasteiger partial charge is 0.258 e. The summed E-state index contributed by atoms with van der Waals surface area (Å²) in [5.41, 5.74) is 0.181. The number of nitrogens with zero attached hydrogens (tertiary/aromatic N) is 1. The second kappa shape index (κ2) is 4.44. The summed E-state index contributed by atoms with van der Waals surface area (Å²) in [7, 11) is -3.42. The number of hydrogen-bond donors (Lipinski definition) is 0. The maximum atomic E-state index is 11.2. The molecule has 5 nitrogen and oxygen atoms in total. The van der Waals surface area contributed by atoms with Gasteiger partial charge in [0.05, 0.1) is 15.4 Å². The van der Waals surface area contributed by atoms with E-state index in [2.05, 4.69) is 0 Å². The molecule has 0 saturated carbocycles. The summed E-state index contributed by atoms with van der Waals surface area (Å²) < 4.78 is 22.5. The van der Waals surface area contributed by atoms with E-state index >= 15 is 0 Å². The van der Waals surface area contributed by atoms with E-state index in [1.807, 2.05) is 0 Å². The number of hydrogen-bond acceptors (Lipinski definition) is 4. The zero-order valence-corrected chi connectivity index (χ0v) is 9.69. The van der Waals surface area contributed by atoms with Crippen molar-refractivity contribution >= 4 is 21.6 Å². The molecule has 0 aromatic heterocycles. The maximum absolute atomic E-state index is 11.2. The summed E-state index contributed by atoms with van der Waals surface area (Å²) in [4.78, 5) is 10.1. The molecule has 0 aliphatic heterocycles. The van der Waals surface area contributed by atoms with Gasteiger partial charge in [0.2, 0.25) is 0 Å². The van der Waals surface area contributed by atoms with Crippen molar-refractivity contribution in [2.75, 3.05) is 6.26 Å². The molecule has 86 valence electrons. The van der Waals surface area contributed by atoms with Gasteiger partial charge in [-0.15, -0.1) is 0 Å². The molecule has 1 rings (SSSR count). The van der Waals surface area contributed by atoms with Gasteiger partial charge < -0.3 is 0 Å². The minimum Gasteiger partial charge on any atom is -0.258 e. The normalized spacial score (nSPS) is 11.9. The third-order valence-electron chi connectivity index (χ3n) is 1.97. The van der Waals surface area contributed by atoms with Gasteiger partial charge in [0.15, 0.2) is 9.84 Å². The van der Waals surface area contributed by atoms with Gasteiger partial charge in [0.1, 0.15) is 0 Å². The molecular formula is C10H11NO4S. The Hall–Kier alpha value is -1.69. The van der Waals surface area contributed by atoms with Crippen LogP contribution in [0, 0.1) is 10.1 Å².